The Morgan fingerprint density at radius 1 is 1.07 bits per heavy atom. The van der Waals surface area contributed by atoms with Gasteiger partial charge in [0.2, 0.25) is 5.91 Å². The van der Waals surface area contributed by atoms with Gasteiger partial charge >= 0.3 is 0 Å². The Morgan fingerprint density at radius 2 is 1.81 bits per heavy atom. The van der Waals surface area contributed by atoms with E-state index in [4.69, 9.17) is 11.6 Å². The third kappa shape index (κ3) is 3.37. The highest BCUT2D eigenvalue weighted by atomic mass is 79.9. The van der Waals surface area contributed by atoms with Gasteiger partial charge in [0.15, 0.2) is 5.78 Å². The van der Waals surface area contributed by atoms with E-state index in [2.05, 4.69) is 15.9 Å². The molecule has 0 bridgehead atoms. The first kappa shape index (κ1) is 18.5. The van der Waals surface area contributed by atoms with Gasteiger partial charge in [-0.25, -0.2) is 0 Å². The first-order valence-electron chi connectivity index (χ1n) is 9.06. The molecule has 0 saturated carbocycles. The van der Waals surface area contributed by atoms with Crippen molar-refractivity contribution in [3.8, 4) is 0 Å². The number of hydrogen-bond donors (Lipinski definition) is 0. The number of carbonyl (C=O) groups excluding carboxylic acids is 2. The lowest BCUT2D eigenvalue weighted by molar-refractivity contribution is -0.119. The standard InChI is InChI=1S/C22H19BrClNO2/c1-13-5-7-14(8-6-13)16-12-21(27)25(18-10-9-15(23)11-17(18)24)19-3-2-4-20(26)22(16)19/h5-11,16H,2-4,12H2,1H3. The van der Waals surface area contributed by atoms with Crippen molar-refractivity contribution in [2.24, 2.45) is 0 Å². The minimum atomic E-state index is -0.175. The number of amides is 1. The van der Waals surface area contributed by atoms with E-state index in [0.29, 0.717) is 23.6 Å². The number of halogens is 2. The van der Waals surface area contributed by atoms with Crippen LogP contribution in [0.15, 0.2) is 58.2 Å². The van der Waals surface area contributed by atoms with Crippen molar-refractivity contribution < 1.29 is 9.59 Å². The Hall–Kier alpha value is -1.91. The maximum absolute atomic E-state index is 13.2. The second-order valence-corrected chi connectivity index (χ2v) is 8.45. The third-order valence-corrected chi connectivity index (χ3v) is 6.10. The van der Waals surface area contributed by atoms with E-state index < -0.39 is 0 Å². The second kappa shape index (κ2) is 7.25. The Kier molecular flexibility index (Phi) is 4.95. The molecular formula is C22H19BrClNO2. The zero-order valence-corrected chi connectivity index (χ0v) is 17.3. The summed E-state index contributed by atoms with van der Waals surface area (Å²) in [6.45, 7) is 2.03. The fourth-order valence-electron chi connectivity index (χ4n) is 4.02. The van der Waals surface area contributed by atoms with E-state index in [1.165, 1.54) is 0 Å². The van der Waals surface area contributed by atoms with Crippen LogP contribution in [0.3, 0.4) is 0 Å². The van der Waals surface area contributed by atoms with E-state index in [1.807, 2.05) is 43.3 Å². The molecule has 1 heterocycles. The van der Waals surface area contributed by atoms with Gasteiger partial charge in [-0.1, -0.05) is 57.4 Å². The first-order valence-corrected chi connectivity index (χ1v) is 10.2. The van der Waals surface area contributed by atoms with Crippen molar-refractivity contribution >= 4 is 44.9 Å². The largest absolute Gasteiger partial charge is 0.294 e. The molecular weight excluding hydrogens is 426 g/mol. The number of ketones is 1. The van der Waals surface area contributed by atoms with Crippen LogP contribution in [-0.4, -0.2) is 11.7 Å². The summed E-state index contributed by atoms with van der Waals surface area (Å²) in [6, 6.07) is 13.6. The van der Waals surface area contributed by atoms with Crippen molar-refractivity contribution in [3.05, 3.63) is 74.4 Å². The molecule has 1 amide bonds. The predicted octanol–water partition coefficient (Wildman–Crippen LogP) is 5.94. The van der Waals surface area contributed by atoms with Crippen LogP contribution in [0.5, 0.6) is 0 Å². The number of Topliss-reactive ketones (excluding diaryl/α,β-unsaturated/α-hetero) is 1. The molecule has 2 aromatic carbocycles. The number of rotatable bonds is 2. The van der Waals surface area contributed by atoms with Gasteiger partial charge in [-0.2, -0.15) is 0 Å². The molecule has 5 heteroatoms. The number of anilines is 1. The van der Waals surface area contributed by atoms with E-state index in [-0.39, 0.29) is 24.0 Å². The van der Waals surface area contributed by atoms with Crippen molar-refractivity contribution in [1.82, 2.24) is 0 Å². The monoisotopic (exact) mass is 443 g/mol. The molecule has 0 aromatic heterocycles. The Bertz CT molecular complexity index is 965. The number of benzene rings is 2. The highest BCUT2D eigenvalue weighted by Crippen LogP contribution is 2.45. The molecule has 1 unspecified atom stereocenters. The summed E-state index contributed by atoms with van der Waals surface area (Å²) in [5.41, 5.74) is 4.43. The van der Waals surface area contributed by atoms with Gasteiger partial charge in [0.05, 0.1) is 10.7 Å². The maximum atomic E-state index is 13.2. The highest BCUT2D eigenvalue weighted by molar-refractivity contribution is 9.10. The van der Waals surface area contributed by atoms with Crippen LogP contribution >= 0.6 is 27.5 Å². The molecule has 0 fully saturated rings. The summed E-state index contributed by atoms with van der Waals surface area (Å²) in [4.78, 5) is 27.7. The van der Waals surface area contributed by atoms with Crippen molar-refractivity contribution in [2.45, 2.75) is 38.5 Å². The summed E-state index contributed by atoms with van der Waals surface area (Å²) in [7, 11) is 0. The van der Waals surface area contributed by atoms with Crippen LogP contribution in [0.4, 0.5) is 5.69 Å². The van der Waals surface area contributed by atoms with Gasteiger partial charge < -0.3 is 0 Å². The fourth-order valence-corrected chi connectivity index (χ4v) is 4.78. The van der Waals surface area contributed by atoms with Gasteiger partial charge in [-0.05, 0) is 43.5 Å². The van der Waals surface area contributed by atoms with Crippen molar-refractivity contribution in [1.29, 1.82) is 0 Å². The zero-order valence-electron chi connectivity index (χ0n) is 15.0. The van der Waals surface area contributed by atoms with Crippen LogP contribution < -0.4 is 4.90 Å². The molecule has 4 rings (SSSR count). The van der Waals surface area contributed by atoms with Gasteiger partial charge in [-0.15, -0.1) is 0 Å². The fraction of sp³-hybridized carbons (Fsp3) is 0.273. The summed E-state index contributed by atoms with van der Waals surface area (Å²) in [5.74, 6) is -0.0443. The molecule has 138 valence electrons. The van der Waals surface area contributed by atoms with Crippen LogP contribution in [0.2, 0.25) is 5.02 Å². The summed E-state index contributed by atoms with van der Waals surface area (Å²) in [5, 5.41) is 0.497. The smallest absolute Gasteiger partial charge is 0.232 e. The van der Waals surface area contributed by atoms with E-state index in [1.54, 1.807) is 11.0 Å². The lowest BCUT2D eigenvalue weighted by Crippen LogP contribution is -2.40. The van der Waals surface area contributed by atoms with Gasteiger partial charge in [-0.3, -0.25) is 14.5 Å². The van der Waals surface area contributed by atoms with E-state index >= 15 is 0 Å². The Labute approximate surface area is 172 Å². The molecule has 2 aromatic rings. The molecule has 0 N–H and O–H groups in total. The first-order chi connectivity index (χ1) is 13.0. The second-order valence-electron chi connectivity index (χ2n) is 7.13. The number of nitrogens with zero attached hydrogens (tertiary/aromatic N) is 1. The third-order valence-electron chi connectivity index (χ3n) is 5.31. The molecule has 1 aliphatic carbocycles. The Balaban J connectivity index is 1.87. The lowest BCUT2D eigenvalue weighted by Gasteiger charge is -2.38. The lowest BCUT2D eigenvalue weighted by atomic mass is 9.77. The van der Waals surface area contributed by atoms with Crippen LogP contribution in [0.1, 0.15) is 42.7 Å². The summed E-state index contributed by atoms with van der Waals surface area (Å²) in [6.07, 6.45) is 2.29. The number of carbonyl (C=O) groups is 2. The van der Waals surface area contributed by atoms with E-state index in [0.717, 1.165) is 33.3 Å². The number of allylic oxidation sites excluding steroid dienone is 2. The molecule has 0 spiro atoms. The van der Waals surface area contributed by atoms with Crippen LogP contribution in [0.25, 0.3) is 0 Å². The van der Waals surface area contributed by atoms with Crippen LogP contribution in [-0.2, 0) is 9.59 Å². The molecule has 0 saturated heterocycles. The molecule has 1 aliphatic heterocycles. The Morgan fingerprint density at radius 3 is 2.52 bits per heavy atom. The summed E-state index contributed by atoms with van der Waals surface area (Å²) < 4.78 is 0.854. The average molecular weight is 445 g/mol. The summed E-state index contributed by atoms with van der Waals surface area (Å²) >= 11 is 9.84. The zero-order chi connectivity index (χ0) is 19.1. The molecule has 1 atom stereocenters. The maximum Gasteiger partial charge on any atom is 0.232 e. The van der Waals surface area contributed by atoms with Gasteiger partial charge in [0.1, 0.15) is 0 Å². The molecule has 27 heavy (non-hydrogen) atoms. The molecule has 3 nitrogen and oxygen atoms in total. The number of hydrogen-bond acceptors (Lipinski definition) is 2. The SMILES string of the molecule is Cc1ccc(C2CC(=O)N(c3ccc(Br)cc3Cl)C3=C2C(=O)CCC3)cc1. The minimum absolute atomic E-state index is 0.0155. The van der Waals surface area contributed by atoms with Crippen molar-refractivity contribution in [2.75, 3.05) is 4.90 Å². The number of aryl methyl sites for hydroxylation is 1. The molecule has 0 radical (unpaired) electrons. The normalized spacial score (nSPS) is 20.1. The molecule has 2 aliphatic rings. The predicted molar refractivity (Wildman–Crippen MR) is 111 cm³/mol. The van der Waals surface area contributed by atoms with Crippen molar-refractivity contribution in [3.63, 3.8) is 0 Å². The highest BCUT2D eigenvalue weighted by Gasteiger charge is 2.40. The van der Waals surface area contributed by atoms with E-state index in [9.17, 15) is 9.59 Å². The average Bonchev–Trinajstić information content (AvgIpc) is 2.63. The topological polar surface area (TPSA) is 37.4 Å². The van der Waals surface area contributed by atoms with Gasteiger partial charge in [0, 0.05) is 34.5 Å². The quantitative estimate of drug-likeness (QED) is 0.575. The minimum Gasteiger partial charge on any atom is -0.294 e. The van der Waals surface area contributed by atoms with Crippen LogP contribution in [0, 0.1) is 6.92 Å². The van der Waals surface area contributed by atoms with Gasteiger partial charge in [0.25, 0.3) is 0 Å².